The molecule has 2 aromatic rings. The molecule has 0 radical (unpaired) electrons. The molecule has 1 aromatic carbocycles. The zero-order valence-corrected chi connectivity index (χ0v) is 16.9. The Hall–Kier alpha value is -3.16. The molecular weight excluding hydrogens is 370 g/mol. The lowest BCUT2D eigenvalue weighted by Crippen LogP contribution is -2.42. The van der Waals surface area contributed by atoms with Crippen LogP contribution < -0.4 is 10.6 Å². The molecule has 3 rings (SSSR count). The summed E-state index contributed by atoms with van der Waals surface area (Å²) in [6.45, 7) is 5.51. The van der Waals surface area contributed by atoms with E-state index >= 15 is 0 Å². The van der Waals surface area contributed by atoms with Gasteiger partial charge >= 0.3 is 6.09 Å². The summed E-state index contributed by atoms with van der Waals surface area (Å²) in [5, 5.41) is 14.3. The number of anilines is 2. The molecule has 0 saturated carbocycles. The molecule has 8 heteroatoms. The molecule has 154 valence electrons. The second-order valence-electron chi connectivity index (χ2n) is 7.12. The van der Waals surface area contributed by atoms with E-state index in [9.17, 15) is 9.59 Å². The number of piperidine rings is 1. The van der Waals surface area contributed by atoms with Gasteiger partial charge in [0.25, 0.3) is 0 Å². The van der Waals surface area contributed by atoms with Gasteiger partial charge in [0, 0.05) is 19.1 Å². The zero-order chi connectivity index (χ0) is 20.6. The van der Waals surface area contributed by atoms with E-state index in [4.69, 9.17) is 4.74 Å². The van der Waals surface area contributed by atoms with Gasteiger partial charge in [-0.05, 0) is 44.4 Å². The lowest BCUT2D eigenvalue weighted by molar-refractivity contribution is -0.115. The van der Waals surface area contributed by atoms with Crippen molar-refractivity contribution in [3.63, 3.8) is 0 Å². The van der Waals surface area contributed by atoms with Gasteiger partial charge < -0.3 is 20.3 Å². The third-order valence-electron chi connectivity index (χ3n) is 4.79. The van der Waals surface area contributed by atoms with Gasteiger partial charge in [0.2, 0.25) is 5.91 Å². The maximum Gasteiger partial charge on any atom is 0.409 e. The number of benzene rings is 1. The van der Waals surface area contributed by atoms with Crippen molar-refractivity contribution in [2.24, 2.45) is 0 Å². The summed E-state index contributed by atoms with van der Waals surface area (Å²) < 4.78 is 5.03. The minimum atomic E-state index is -0.253. The van der Waals surface area contributed by atoms with Crippen molar-refractivity contribution >= 4 is 23.6 Å². The Morgan fingerprint density at radius 1 is 1.07 bits per heavy atom. The number of hydrogen-bond donors (Lipinski definition) is 2. The fourth-order valence-electron chi connectivity index (χ4n) is 3.18. The number of carbonyl (C=O) groups excluding carboxylic acids is 2. The first kappa shape index (κ1) is 20.6. The molecule has 2 amide bonds. The number of rotatable bonds is 6. The van der Waals surface area contributed by atoms with Crippen LogP contribution in [0.3, 0.4) is 0 Å². The summed E-state index contributed by atoms with van der Waals surface area (Å²) in [6.07, 6.45) is 1.67. The normalized spacial score (nSPS) is 14.3. The molecule has 0 spiro atoms. The molecule has 1 saturated heterocycles. The van der Waals surface area contributed by atoms with Crippen LogP contribution in [0, 0.1) is 6.92 Å². The van der Waals surface area contributed by atoms with E-state index in [-0.39, 0.29) is 18.0 Å². The predicted molar refractivity (Wildman–Crippen MR) is 111 cm³/mol. The Kier molecular flexibility index (Phi) is 6.99. The number of aryl methyl sites for hydroxylation is 1. The number of nitrogens with zero attached hydrogens (tertiary/aromatic N) is 3. The first-order valence-electron chi connectivity index (χ1n) is 9.91. The number of hydrogen-bond acceptors (Lipinski definition) is 6. The summed E-state index contributed by atoms with van der Waals surface area (Å²) in [4.78, 5) is 25.6. The van der Waals surface area contributed by atoms with Crippen molar-refractivity contribution in [2.45, 2.75) is 39.2 Å². The molecule has 2 heterocycles. The van der Waals surface area contributed by atoms with Crippen LogP contribution in [-0.4, -0.2) is 52.8 Å². The topological polar surface area (TPSA) is 96.5 Å². The lowest BCUT2D eigenvalue weighted by atomic mass is 10.1. The Balaban J connectivity index is 1.45. The Morgan fingerprint density at radius 2 is 1.72 bits per heavy atom. The summed E-state index contributed by atoms with van der Waals surface area (Å²) >= 11 is 0. The lowest BCUT2D eigenvalue weighted by Gasteiger charge is -2.31. The molecule has 8 nitrogen and oxygen atoms in total. The first-order chi connectivity index (χ1) is 14.0. The number of amides is 2. The van der Waals surface area contributed by atoms with Gasteiger partial charge in [0.1, 0.15) is 5.82 Å². The number of aromatic nitrogens is 2. The molecule has 1 aromatic heterocycles. The standard InChI is InChI=1S/C21H27N5O3/c1-3-29-21(28)26-12-10-17(11-13-26)22-18-8-9-19(25-24-18)23-20(27)14-16-6-4-15(2)5-7-16/h4-9,17H,3,10-14H2,1-2H3,(H,22,24)(H,23,25,27). The molecule has 0 aliphatic carbocycles. The first-order valence-corrected chi connectivity index (χ1v) is 9.91. The summed E-state index contributed by atoms with van der Waals surface area (Å²) in [6, 6.07) is 11.6. The van der Waals surface area contributed by atoms with E-state index in [2.05, 4.69) is 20.8 Å². The third kappa shape index (κ3) is 6.17. The highest BCUT2D eigenvalue weighted by atomic mass is 16.6. The fourth-order valence-corrected chi connectivity index (χ4v) is 3.18. The molecule has 0 atom stereocenters. The minimum Gasteiger partial charge on any atom is -0.450 e. The van der Waals surface area contributed by atoms with Crippen LogP contribution in [0.1, 0.15) is 30.9 Å². The molecule has 1 aliphatic rings. The summed E-state index contributed by atoms with van der Waals surface area (Å²) in [7, 11) is 0. The average molecular weight is 397 g/mol. The molecule has 2 N–H and O–H groups in total. The van der Waals surface area contributed by atoms with Gasteiger partial charge in [-0.15, -0.1) is 10.2 Å². The number of likely N-dealkylation sites (tertiary alicyclic amines) is 1. The van der Waals surface area contributed by atoms with Crippen LogP contribution in [0.2, 0.25) is 0 Å². The van der Waals surface area contributed by atoms with Gasteiger partial charge in [-0.25, -0.2) is 4.79 Å². The predicted octanol–water partition coefficient (Wildman–Crippen LogP) is 3.00. The fraction of sp³-hybridized carbons (Fsp3) is 0.429. The van der Waals surface area contributed by atoms with Gasteiger partial charge in [-0.1, -0.05) is 29.8 Å². The van der Waals surface area contributed by atoms with E-state index in [0.717, 1.165) is 24.0 Å². The van der Waals surface area contributed by atoms with Crippen LogP contribution in [0.5, 0.6) is 0 Å². The second kappa shape index (κ2) is 9.86. The number of carbonyl (C=O) groups is 2. The molecule has 1 aliphatic heterocycles. The van der Waals surface area contributed by atoms with E-state index in [1.165, 1.54) is 0 Å². The molecule has 0 bridgehead atoms. The second-order valence-corrected chi connectivity index (χ2v) is 7.12. The van der Waals surface area contributed by atoms with Crippen LogP contribution >= 0.6 is 0 Å². The van der Waals surface area contributed by atoms with Crippen molar-refractivity contribution in [3.05, 3.63) is 47.5 Å². The third-order valence-corrected chi connectivity index (χ3v) is 4.79. The van der Waals surface area contributed by atoms with Gasteiger partial charge in [0.05, 0.1) is 13.0 Å². The minimum absolute atomic E-state index is 0.129. The maximum absolute atomic E-state index is 12.2. The molecule has 29 heavy (non-hydrogen) atoms. The largest absolute Gasteiger partial charge is 0.450 e. The van der Waals surface area contributed by atoms with Crippen molar-refractivity contribution in [2.75, 3.05) is 30.3 Å². The zero-order valence-electron chi connectivity index (χ0n) is 16.9. The van der Waals surface area contributed by atoms with Gasteiger partial charge in [0.15, 0.2) is 5.82 Å². The Labute approximate surface area is 170 Å². The van der Waals surface area contributed by atoms with Crippen LogP contribution in [-0.2, 0) is 16.0 Å². The summed E-state index contributed by atoms with van der Waals surface area (Å²) in [5.41, 5.74) is 2.11. The Bertz CT molecular complexity index is 815. The number of nitrogens with one attached hydrogen (secondary N) is 2. The highest BCUT2D eigenvalue weighted by Crippen LogP contribution is 2.16. The quantitative estimate of drug-likeness (QED) is 0.778. The molecule has 1 fully saturated rings. The average Bonchev–Trinajstić information content (AvgIpc) is 2.72. The van der Waals surface area contributed by atoms with Crippen molar-refractivity contribution in [1.82, 2.24) is 15.1 Å². The van der Waals surface area contributed by atoms with Crippen LogP contribution in [0.4, 0.5) is 16.4 Å². The van der Waals surface area contributed by atoms with E-state index in [1.807, 2.05) is 31.2 Å². The monoisotopic (exact) mass is 397 g/mol. The number of ether oxygens (including phenoxy) is 1. The summed E-state index contributed by atoms with van der Waals surface area (Å²) in [5.74, 6) is 0.941. The van der Waals surface area contributed by atoms with Crippen molar-refractivity contribution < 1.29 is 14.3 Å². The van der Waals surface area contributed by atoms with E-state index < -0.39 is 0 Å². The SMILES string of the molecule is CCOC(=O)N1CCC(Nc2ccc(NC(=O)Cc3ccc(C)cc3)nn2)CC1. The highest BCUT2D eigenvalue weighted by Gasteiger charge is 2.23. The molecular formula is C21H27N5O3. The Morgan fingerprint density at radius 3 is 2.34 bits per heavy atom. The van der Waals surface area contributed by atoms with Crippen molar-refractivity contribution in [1.29, 1.82) is 0 Å². The van der Waals surface area contributed by atoms with Crippen molar-refractivity contribution in [3.8, 4) is 0 Å². The van der Waals surface area contributed by atoms with E-state index in [0.29, 0.717) is 37.8 Å². The van der Waals surface area contributed by atoms with E-state index in [1.54, 1.807) is 24.0 Å². The smallest absolute Gasteiger partial charge is 0.409 e. The van der Waals surface area contributed by atoms with Gasteiger partial charge in [-0.2, -0.15) is 0 Å². The van der Waals surface area contributed by atoms with Crippen LogP contribution in [0.25, 0.3) is 0 Å². The van der Waals surface area contributed by atoms with Crippen LogP contribution in [0.15, 0.2) is 36.4 Å². The maximum atomic E-state index is 12.2. The van der Waals surface area contributed by atoms with Gasteiger partial charge in [-0.3, -0.25) is 4.79 Å². The molecule has 0 unspecified atom stereocenters. The highest BCUT2D eigenvalue weighted by molar-refractivity contribution is 5.91.